The van der Waals surface area contributed by atoms with Crippen LogP contribution in [0.25, 0.3) is 11.1 Å². The average molecular weight is 376 g/mol. The first-order valence-electron chi connectivity index (χ1n) is 10.2. The summed E-state index contributed by atoms with van der Waals surface area (Å²) in [6, 6.07) is 26.4. The highest BCUT2D eigenvalue weighted by Gasteiger charge is 2.36. The molecule has 0 saturated carbocycles. The Bertz CT molecular complexity index is 1060. The van der Waals surface area contributed by atoms with Crippen LogP contribution >= 0.6 is 0 Å². The zero-order chi connectivity index (χ0) is 19.6. The van der Waals surface area contributed by atoms with Gasteiger partial charge in [0.1, 0.15) is 12.4 Å². The molecular formula is C28H24O. The number of allylic oxidation sites excluding steroid dienone is 4. The van der Waals surface area contributed by atoms with E-state index < -0.39 is 0 Å². The minimum absolute atomic E-state index is 0.309. The molecule has 0 bridgehead atoms. The summed E-state index contributed by atoms with van der Waals surface area (Å²) in [5.74, 6) is 1.52. The summed E-state index contributed by atoms with van der Waals surface area (Å²) in [6.45, 7) is 4.26. The van der Waals surface area contributed by atoms with E-state index in [1.54, 1.807) is 6.08 Å². The predicted molar refractivity (Wildman–Crippen MR) is 120 cm³/mol. The molecule has 2 aliphatic rings. The summed E-state index contributed by atoms with van der Waals surface area (Å²) in [6.07, 6.45) is 9.54. The van der Waals surface area contributed by atoms with Gasteiger partial charge in [0.15, 0.2) is 0 Å². The first kappa shape index (κ1) is 17.8. The van der Waals surface area contributed by atoms with E-state index in [4.69, 9.17) is 4.74 Å². The fourth-order valence-electron chi connectivity index (χ4n) is 4.80. The van der Waals surface area contributed by atoms with E-state index in [1.165, 1.54) is 33.4 Å². The Labute approximate surface area is 172 Å². The average Bonchev–Trinajstić information content (AvgIpc) is 3.41. The Kier molecular flexibility index (Phi) is 4.65. The van der Waals surface area contributed by atoms with Crippen molar-refractivity contribution in [1.82, 2.24) is 0 Å². The lowest BCUT2D eigenvalue weighted by Crippen LogP contribution is -2.13. The highest BCUT2D eigenvalue weighted by molar-refractivity contribution is 5.79. The van der Waals surface area contributed by atoms with Crippen LogP contribution in [0.5, 0.6) is 5.75 Å². The second-order valence-corrected chi connectivity index (χ2v) is 7.67. The van der Waals surface area contributed by atoms with Crippen LogP contribution < -0.4 is 4.74 Å². The fourth-order valence-corrected chi connectivity index (χ4v) is 4.80. The molecule has 0 amide bonds. The van der Waals surface area contributed by atoms with E-state index in [2.05, 4.69) is 97.6 Å². The molecule has 1 atom stereocenters. The highest BCUT2D eigenvalue weighted by Crippen LogP contribution is 2.53. The van der Waals surface area contributed by atoms with Gasteiger partial charge in [-0.3, -0.25) is 0 Å². The van der Waals surface area contributed by atoms with Crippen molar-refractivity contribution in [3.05, 3.63) is 126 Å². The zero-order valence-corrected chi connectivity index (χ0v) is 16.4. The third-order valence-electron chi connectivity index (χ3n) is 6.02. The number of benzene rings is 3. The maximum absolute atomic E-state index is 5.71. The minimum atomic E-state index is 0.309. The molecule has 0 heterocycles. The largest absolute Gasteiger partial charge is 0.490 e. The number of fused-ring (bicyclic) bond motifs is 3. The molecule has 1 nitrogen and oxygen atoms in total. The van der Waals surface area contributed by atoms with Crippen molar-refractivity contribution in [3.8, 4) is 16.9 Å². The molecule has 0 aromatic heterocycles. The first-order chi connectivity index (χ1) is 14.4. The van der Waals surface area contributed by atoms with Crippen molar-refractivity contribution in [2.45, 2.75) is 18.3 Å². The topological polar surface area (TPSA) is 9.23 Å². The van der Waals surface area contributed by atoms with Crippen LogP contribution in [0.2, 0.25) is 0 Å². The molecule has 0 fully saturated rings. The Morgan fingerprint density at radius 2 is 1.55 bits per heavy atom. The van der Waals surface area contributed by atoms with Crippen molar-refractivity contribution in [2.24, 2.45) is 0 Å². The Morgan fingerprint density at radius 3 is 2.14 bits per heavy atom. The molecule has 142 valence electrons. The summed E-state index contributed by atoms with van der Waals surface area (Å²) in [5, 5.41) is 0. The van der Waals surface area contributed by atoms with Crippen molar-refractivity contribution >= 4 is 0 Å². The Balaban J connectivity index is 1.62. The number of hydrogen-bond donors (Lipinski definition) is 0. The summed E-state index contributed by atoms with van der Waals surface area (Å²) < 4.78 is 5.71. The lowest BCUT2D eigenvalue weighted by Gasteiger charge is -2.28. The quantitative estimate of drug-likeness (QED) is 0.419. The lowest BCUT2D eigenvalue weighted by molar-refractivity contribution is 0.363. The Morgan fingerprint density at radius 1 is 0.897 bits per heavy atom. The van der Waals surface area contributed by atoms with Gasteiger partial charge < -0.3 is 4.74 Å². The van der Waals surface area contributed by atoms with E-state index in [0.717, 1.165) is 12.2 Å². The van der Waals surface area contributed by atoms with Crippen molar-refractivity contribution in [2.75, 3.05) is 6.61 Å². The van der Waals surface area contributed by atoms with Crippen molar-refractivity contribution < 1.29 is 4.74 Å². The van der Waals surface area contributed by atoms with Gasteiger partial charge in [-0.25, -0.2) is 0 Å². The third kappa shape index (κ3) is 3.13. The molecule has 0 radical (unpaired) electrons. The normalized spacial score (nSPS) is 15.5. The van der Waals surface area contributed by atoms with Crippen LogP contribution in [0.1, 0.15) is 34.9 Å². The molecule has 3 aromatic rings. The highest BCUT2D eigenvalue weighted by atomic mass is 16.5. The van der Waals surface area contributed by atoms with Crippen molar-refractivity contribution in [1.29, 1.82) is 0 Å². The molecule has 2 aliphatic carbocycles. The molecule has 1 unspecified atom stereocenters. The Hall–Kier alpha value is -3.32. The van der Waals surface area contributed by atoms with Gasteiger partial charge in [0.2, 0.25) is 0 Å². The smallest absolute Gasteiger partial charge is 0.119 e. The molecule has 5 rings (SSSR count). The standard InChI is InChI=1S/C28H24O/c1-2-19-29-22-17-15-21(16-18-22)27(20-9-3-4-10-20)28-25-13-7-5-11-23(25)24-12-6-8-14-26(24)28/h2-9,11-18,27-28H,1,10,19H2. The van der Waals surface area contributed by atoms with E-state index >= 15 is 0 Å². The monoisotopic (exact) mass is 376 g/mol. The second-order valence-electron chi connectivity index (χ2n) is 7.67. The SMILES string of the molecule is C=CCOc1ccc(C(C2=CC=CC2)C2c3ccccc3-c3ccccc32)cc1. The minimum Gasteiger partial charge on any atom is -0.490 e. The van der Waals surface area contributed by atoms with Gasteiger partial charge in [-0.2, -0.15) is 0 Å². The molecule has 0 aliphatic heterocycles. The van der Waals surface area contributed by atoms with Gasteiger partial charge in [-0.05, 0) is 46.4 Å². The molecular weight excluding hydrogens is 352 g/mol. The predicted octanol–water partition coefficient (Wildman–Crippen LogP) is 7.03. The molecule has 0 saturated heterocycles. The van der Waals surface area contributed by atoms with E-state index in [1.807, 2.05) is 0 Å². The summed E-state index contributed by atoms with van der Waals surface area (Å²) in [7, 11) is 0. The van der Waals surface area contributed by atoms with E-state index in [-0.39, 0.29) is 0 Å². The van der Waals surface area contributed by atoms with E-state index in [9.17, 15) is 0 Å². The van der Waals surface area contributed by atoms with Crippen molar-refractivity contribution in [3.63, 3.8) is 0 Å². The number of ether oxygens (including phenoxy) is 1. The molecule has 3 aromatic carbocycles. The van der Waals surface area contributed by atoms with Crippen LogP contribution in [-0.2, 0) is 0 Å². The second kappa shape index (κ2) is 7.60. The molecule has 0 spiro atoms. The van der Waals surface area contributed by atoms with Gasteiger partial charge in [0.25, 0.3) is 0 Å². The van der Waals surface area contributed by atoms with Gasteiger partial charge in [-0.15, -0.1) is 0 Å². The third-order valence-corrected chi connectivity index (χ3v) is 6.02. The summed E-state index contributed by atoms with van der Waals surface area (Å²) in [5.41, 5.74) is 8.41. The van der Waals surface area contributed by atoms with Gasteiger partial charge in [-0.1, -0.05) is 97.1 Å². The van der Waals surface area contributed by atoms with Crippen LogP contribution in [-0.4, -0.2) is 6.61 Å². The number of hydrogen-bond acceptors (Lipinski definition) is 1. The lowest BCUT2D eigenvalue weighted by atomic mass is 9.75. The van der Waals surface area contributed by atoms with Crippen LogP contribution in [0.15, 0.2) is 109 Å². The maximum atomic E-state index is 5.71. The van der Waals surface area contributed by atoms with Gasteiger partial charge in [0.05, 0.1) is 0 Å². The molecule has 0 N–H and O–H groups in total. The number of rotatable bonds is 6. The maximum Gasteiger partial charge on any atom is 0.119 e. The van der Waals surface area contributed by atoms with Gasteiger partial charge >= 0.3 is 0 Å². The van der Waals surface area contributed by atoms with Gasteiger partial charge in [0, 0.05) is 11.8 Å². The van der Waals surface area contributed by atoms with E-state index in [0.29, 0.717) is 18.4 Å². The first-order valence-corrected chi connectivity index (χ1v) is 10.2. The van der Waals surface area contributed by atoms with Crippen LogP contribution in [0, 0.1) is 0 Å². The van der Waals surface area contributed by atoms with Crippen LogP contribution in [0.4, 0.5) is 0 Å². The summed E-state index contributed by atoms with van der Waals surface area (Å²) >= 11 is 0. The molecule has 29 heavy (non-hydrogen) atoms. The summed E-state index contributed by atoms with van der Waals surface area (Å²) in [4.78, 5) is 0. The fraction of sp³-hybridized carbons (Fsp3) is 0.143. The van der Waals surface area contributed by atoms with Crippen LogP contribution in [0.3, 0.4) is 0 Å². The zero-order valence-electron chi connectivity index (χ0n) is 16.4. The molecule has 1 heteroatoms.